The minimum atomic E-state index is -0.932. The Morgan fingerprint density at radius 1 is 1.22 bits per heavy atom. The number of ether oxygens (including phenoxy) is 1. The molecule has 0 saturated carbocycles. The van der Waals surface area contributed by atoms with Crippen molar-refractivity contribution >= 4 is 16.8 Å². The predicted octanol–water partition coefficient (Wildman–Crippen LogP) is 2.92. The Hall–Kier alpha value is -2.01. The second kappa shape index (κ2) is 8.58. The van der Waals surface area contributed by atoms with Crippen LogP contribution in [0.25, 0.3) is 0 Å². The molecule has 1 atom stereocenters. The number of hydrogen-bond donors (Lipinski definition) is 0. The second-order valence-corrected chi connectivity index (χ2v) is 6.75. The van der Waals surface area contributed by atoms with Gasteiger partial charge in [-0.25, -0.2) is 4.79 Å². The molecular weight excluding hydrogens is 310 g/mol. The molecule has 0 aliphatic rings. The maximum atomic E-state index is 12.1. The van der Waals surface area contributed by atoms with Crippen molar-refractivity contribution < 1.29 is 13.7 Å². The summed E-state index contributed by atoms with van der Waals surface area (Å²) in [7, 11) is -0.932. The van der Waals surface area contributed by atoms with Crippen molar-refractivity contribution in [2.45, 2.75) is 25.5 Å². The summed E-state index contributed by atoms with van der Waals surface area (Å²) < 4.78 is 16.6. The normalized spacial score (nSPS) is 11.9. The first-order chi connectivity index (χ1) is 11.1. The van der Waals surface area contributed by atoms with Crippen LogP contribution in [0.1, 0.15) is 34.1 Å². The minimum absolute atomic E-state index is 0.293. The van der Waals surface area contributed by atoms with Crippen LogP contribution in [0.15, 0.2) is 42.6 Å². The number of rotatable bonds is 7. The van der Waals surface area contributed by atoms with E-state index in [9.17, 15) is 9.00 Å². The largest absolute Gasteiger partial charge is 0.462 e. The van der Waals surface area contributed by atoms with E-state index in [2.05, 4.69) is 11.9 Å². The Morgan fingerprint density at radius 3 is 2.70 bits per heavy atom. The summed E-state index contributed by atoms with van der Waals surface area (Å²) >= 11 is 0. The van der Waals surface area contributed by atoms with E-state index in [0.717, 1.165) is 17.7 Å². The molecule has 122 valence electrons. The van der Waals surface area contributed by atoms with E-state index in [-0.39, 0.29) is 5.97 Å². The van der Waals surface area contributed by atoms with Gasteiger partial charge in [0.1, 0.15) is 0 Å². The van der Waals surface area contributed by atoms with E-state index in [0.29, 0.717) is 24.3 Å². The molecule has 0 amide bonds. The number of carbonyl (C=O) groups excluding carboxylic acids is 1. The Morgan fingerprint density at radius 2 is 2.04 bits per heavy atom. The van der Waals surface area contributed by atoms with Gasteiger partial charge in [-0.05, 0) is 35.7 Å². The Kier molecular flexibility index (Phi) is 6.47. The van der Waals surface area contributed by atoms with Crippen molar-refractivity contribution in [3.05, 3.63) is 65.0 Å². The van der Waals surface area contributed by atoms with Crippen LogP contribution in [0, 0.1) is 0 Å². The Labute approximate surface area is 139 Å². The standard InChI is InChI=1S/C18H21NO3S/c1-3-14-7-8-17(19-12-14)9-10-22-18(20)16-6-4-5-15(11-16)13-23(2)21/h4-8,11-12H,3,9-10,13H2,1-2H3. The summed E-state index contributed by atoms with van der Waals surface area (Å²) in [6.45, 7) is 2.38. The highest BCUT2D eigenvalue weighted by Crippen LogP contribution is 2.09. The molecule has 0 aliphatic heterocycles. The average molecular weight is 331 g/mol. The molecule has 0 N–H and O–H groups in total. The van der Waals surface area contributed by atoms with Gasteiger partial charge >= 0.3 is 5.97 Å². The van der Waals surface area contributed by atoms with Crippen LogP contribution < -0.4 is 0 Å². The molecule has 2 aromatic rings. The zero-order chi connectivity index (χ0) is 16.7. The number of benzene rings is 1. The molecule has 1 aromatic carbocycles. The van der Waals surface area contributed by atoms with Gasteiger partial charge < -0.3 is 4.74 Å². The molecule has 0 aliphatic carbocycles. The first-order valence-corrected chi connectivity index (χ1v) is 9.31. The van der Waals surface area contributed by atoms with Crippen molar-refractivity contribution in [1.82, 2.24) is 4.98 Å². The van der Waals surface area contributed by atoms with Gasteiger partial charge in [0.2, 0.25) is 0 Å². The summed E-state index contributed by atoms with van der Waals surface area (Å²) in [6.07, 6.45) is 5.04. The van der Waals surface area contributed by atoms with Gasteiger partial charge in [-0.3, -0.25) is 9.19 Å². The van der Waals surface area contributed by atoms with E-state index in [1.165, 1.54) is 5.56 Å². The van der Waals surface area contributed by atoms with Crippen molar-refractivity contribution in [3.63, 3.8) is 0 Å². The van der Waals surface area contributed by atoms with Crippen LogP contribution in [-0.2, 0) is 34.1 Å². The van der Waals surface area contributed by atoms with E-state index in [1.807, 2.05) is 24.4 Å². The van der Waals surface area contributed by atoms with Crippen molar-refractivity contribution in [2.24, 2.45) is 0 Å². The predicted molar refractivity (Wildman–Crippen MR) is 91.8 cm³/mol. The van der Waals surface area contributed by atoms with E-state index in [1.54, 1.807) is 24.5 Å². The molecule has 4 nitrogen and oxygen atoms in total. The topological polar surface area (TPSA) is 56.3 Å². The number of pyridine rings is 1. The van der Waals surface area contributed by atoms with E-state index in [4.69, 9.17) is 4.74 Å². The van der Waals surface area contributed by atoms with Gasteiger partial charge in [0.25, 0.3) is 0 Å². The van der Waals surface area contributed by atoms with Gasteiger partial charge in [-0.15, -0.1) is 0 Å². The van der Waals surface area contributed by atoms with Crippen molar-refractivity contribution in [3.8, 4) is 0 Å². The zero-order valence-corrected chi connectivity index (χ0v) is 14.3. The van der Waals surface area contributed by atoms with Gasteiger partial charge in [-0.2, -0.15) is 0 Å². The molecule has 1 unspecified atom stereocenters. The number of hydrogen-bond acceptors (Lipinski definition) is 4. The molecule has 5 heteroatoms. The summed E-state index contributed by atoms with van der Waals surface area (Å²) in [5.74, 6) is 0.0772. The van der Waals surface area contributed by atoms with Crippen LogP contribution >= 0.6 is 0 Å². The maximum absolute atomic E-state index is 12.1. The number of aromatic nitrogens is 1. The SMILES string of the molecule is CCc1ccc(CCOC(=O)c2cccc(CS(C)=O)c2)nc1. The lowest BCUT2D eigenvalue weighted by molar-refractivity contribution is 0.0508. The van der Waals surface area contributed by atoms with E-state index >= 15 is 0 Å². The zero-order valence-electron chi connectivity index (χ0n) is 13.5. The molecule has 0 radical (unpaired) electrons. The fraction of sp³-hybridized carbons (Fsp3) is 0.333. The third kappa shape index (κ3) is 5.60. The van der Waals surface area contributed by atoms with E-state index < -0.39 is 10.8 Å². The van der Waals surface area contributed by atoms with Crippen LogP contribution in [0.4, 0.5) is 0 Å². The first kappa shape index (κ1) is 17.3. The average Bonchev–Trinajstić information content (AvgIpc) is 2.55. The fourth-order valence-electron chi connectivity index (χ4n) is 2.17. The van der Waals surface area contributed by atoms with Crippen molar-refractivity contribution in [1.29, 1.82) is 0 Å². The molecular formula is C18H21NO3S. The number of carbonyl (C=O) groups is 1. The molecule has 2 rings (SSSR count). The number of esters is 1. The highest BCUT2D eigenvalue weighted by atomic mass is 32.2. The maximum Gasteiger partial charge on any atom is 0.338 e. The molecule has 1 aromatic heterocycles. The summed E-state index contributed by atoms with van der Waals surface area (Å²) in [5.41, 5.74) is 3.46. The fourth-order valence-corrected chi connectivity index (χ4v) is 2.82. The van der Waals surface area contributed by atoms with Gasteiger partial charge in [0.15, 0.2) is 0 Å². The summed E-state index contributed by atoms with van der Waals surface area (Å²) in [5, 5.41) is 0. The Bertz CT molecular complexity index is 683. The van der Waals surface area contributed by atoms with Crippen LogP contribution in [0.2, 0.25) is 0 Å². The minimum Gasteiger partial charge on any atom is -0.462 e. The van der Waals surface area contributed by atoms with Crippen LogP contribution in [0.3, 0.4) is 0 Å². The molecule has 0 spiro atoms. The molecule has 0 saturated heterocycles. The number of nitrogens with zero attached hydrogens (tertiary/aromatic N) is 1. The van der Waals surface area contributed by atoms with Gasteiger partial charge in [0.05, 0.1) is 12.2 Å². The molecule has 23 heavy (non-hydrogen) atoms. The lowest BCUT2D eigenvalue weighted by Gasteiger charge is -2.06. The van der Waals surface area contributed by atoms with Crippen molar-refractivity contribution in [2.75, 3.05) is 12.9 Å². The smallest absolute Gasteiger partial charge is 0.338 e. The second-order valence-electron chi connectivity index (χ2n) is 5.32. The van der Waals surface area contributed by atoms with Gasteiger partial charge in [-0.1, -0.05) is 25.1 Å². The van der Waals surface area contributed by atoms with Crippen LogP contribution in [-0.4, -0.2) is 28.0 Å². The molecule has 0 fully saturated rings. The molecule has 1 heterocycles. The van der Waals surface area contributed by atoms with Crippen LogP contribution in [0.5, 0.6) is 0 Å². The number of aryl methyl sites for hydroxylation is 1. The van der Waals surface area contributed by atoms with Gasteiger partial charge in [0, 0.05) is 41.1 Å². The monoisotopic (exact) mass is 331 g/mol. The highest BCUT2D eigenvalue weighted by Gasteiger charge is 2.08. The third-order valence-corrected chi connectivity index (χ3v) is 4.16. The summed E-state index contributed by atoms with van der Waals surface area (Å²) in [6, 6.07) is 11.1. The lowest BCUT2D eigenvalue weighted by Crippen LogP contribution is -2.09. The highest BCUT2D eigenvalue weighted by molar-refractivity contribution is 7.83. The third-order valence-electron chi connectivity index (χ3n) is 3.42. The molecule has 0 bridgehead atoms. The first-order valence-electron chi connectivity index (χ1n) is 7.58. The summed E-state index contributed by atoms with van der Waals surface area (Å²) in [4.78, 5) is 16.4. The lowest BCUT2D eigenvalue weighted by atomic mass is 10.1. The quantitative estimate of drug-likeness (QED) is 0.732. The Balaban J connectivity index is 1.87.